The van der Waals surface area contributed by atoms with Crippen LogP contribution in [0.5, 0.6) is 5.75 Å². The molecule has 31 heavy (non-hydrogen) atoms. The second kappa shape index (κ2) is 10.3. The van der Waals surface area contributed by atoms with Crippen LogP contribution in [0.25, 0.3) is 6.08 Å². The summed E-state index contributed by atoms with van der Waals surface area (Å²) in [5.74, 6) is 0.183. The predicted octanol–water partition coefficient (Wildman–Crippen LogP) is 5.61. The van der Waals surface area contributed by atoms with Crippen LogP contribution < -0.4 is 15.4 Å². The summed E-state index contributed by atoms with van der Waals surface area (Å²) < 4.78 is 5.41. The Labute approximate surface area is 182 Å². The Morgan fingerprint density at radius 3 is 2.35 bits per heavy atom. The van der Waals surface area contributed by atoms with Crippen LogP contribution in [-0.4, -0.2) is 18.4 Å². The number of hydrogen-bond donors (Lipinski definition) is 2. The van der Waals surface area contributed by atoms with E-state index in [9.17, 15) is 9.59 Å². The van der Waals surface area contributed by atoms with Gasteiger partial charge in [0, 0.05) is 11.8 Å². The maximum absolute atomic E-state index is 12.8. The zero-order valence-corrected chi connectivity index (χ0v) is 17.9. The normalized spacial score (nSPS) is 10.7. The summed E-state index contributed by atoms with van der Waals surface area (Å²) in [7, 11) is 0. The number of nitrogens with one attached hydrogen (secondary N) is 2. The molecule has 5 heteroatoms. The summed E-state index contributed by atoms with van der Waals surface area (Å²) in [5.41, 5.74) is 4.68. The highest BCUT2D eigenvalue weighted by atomic mass is 16.5. The fourth-order valence-corrected chi connectivity index (χ4v) is 3.00. The van der Waals surface area contributed by atoms with Crippen LogP contribution in [0.1, 0.15) is 34.0 Å². The molecule has 0 saturated heterocycles. The van der Waals surface area contributed by atoms with E-state index in [-0.39, 0.29) is 11.8 Å². The number of ether oxygens (including phenoxy) is 1. The highest BCUT2D eigenvalue weighted by Crippen LogP contribution is 2.20. The highest BCUT2D eigenvalue weighted by Gasteiger charge is 2.13. The molecule has 3 aromatic carbocycles. The molecule has 2 amide bonds. The van der Waals surface area contributed by atoms with E-state index in [0.29, 0.717) is 23.5 Å². The SMILES string of the molecule is CCOc1ccc(/C=C/C(=O)Nc2ccccc2C(=O)Nc2ccc(C)c(C)c2)cc1. The van der Waals surface area contributed by atoms with Crippen LogP contribution in [0.3, 0.4) is 0 Å². The van der Waals surface area contributed by atoms with Crippen LogP contribution in [0.15, 0.2) is 72.8 Å². The van der Waals surface area contributed by atoms with Crippen molar-refractivity contribution in [2.75, 3.05) is 17.2 Å². The van der Waals surface area contributed by atoms with Gasteiger partial charge in [-0.1, -0.05) is 30.3 Å². The maximum atomic E-state index is 12.8. The first-order valence-electron chi connectivity index (χ1n) is 10.2. The van der Waals surface area contributed by atoms with E-state index in [1.54, 1.807) is 30.3 Å². The first-order chi connectivity index (χ1) is 15.0. The lowest BCUT2D eigenvalue weighted by Gasteiger charge is -2.11. The van der Waals surface area contributed by atoms with Crippen molar-refractivity contribution in [3.63, 3.8) is 0 Å². The summed E-state index contributed by atoms with van der Waals surface area (Å²) in [5, 5.41) is 5.68. The van der Waals surface area contributed by atoms with Crippen LogP contribution >= 0.6 is 0 Å². The minimum absolute atomic E-state index is 0.283. The molecule has 0 aliphatic carbocycles. The number of hydrogen-bond acceptors (Lipinski definition) is 3. The fraction of sp³-hybridized carbons (Fsp3) is 0.154. The molecule has 0 radical (unpaired) electrons. The van der Waals surface area contributed by atoms with Crippen molar-refractivity contribution in [2.24, 2.45) is 0 Å². The first-order valence-corrected chi connectivity index (χ1v) is 10.2. The second-order valence-electron chi connectivity index (χ2n) is 7.12. The zero-order valence-electron chi connectivity index (χ0n) is 17.9. The van der Waals surface area contributed by atoms with Crippen LogP contribution in [0, 0.1) is 13.8 Å². The number of amides is 2. The van der Waals surface area contributed by atoms with Gasteiger partial charge in [-0.05, 0) is 79.9 Å². The molecule has 0 saturated carbocycles. The number of rotatable bonds is 7. The fourth-order valence-electron chi connectivity index (χ4n) is 3.00. The van der Waals surface area contributed by atoms with Crippen molar-refractivity contribution >= 4 is 29.3 Å². The molecule has 0 heterocycles. The largest absolute Gasteiger partial charge is 0.494 e. The Balaban J connectivity index is 1.68. The Kier molecular flexibility index (Phi) is 7.22. The molecule has 5 nitrogen and oxygen atoms in total. The molecule has 0 bridgehead atoms. The van der Waals surface area contributed by atoms with Gasteiger partial charge < -0.3 is 15.4 Å². The molecule has 0 aromatic heterocycles. The molecule has 0 fully saturated rings. The van der Waals surface area contributed by atoms with Gasteiger partial charge >= 0.3 is 0 Å². The zero-order chi connectivity index (χ0) is 22.2. The topological polar surface area (TPSA) is 67.4 Å². The van der Waals surface area contributed by atoms with Gasteiger partial charge in [0.25, 0.3) is 5.91 Å². The lowest BCUT2D eigenvalue weighted by atomic mass is 10.1. The van der Waals surface area contributed by atoms with Crippen molar-refractivity contribution in [1.29, 1.82) is 0 Å². The van der Waals surface area contributed by atoms with Crippen molar-refractivity contribution in [2.45, 2.75) is 20.8 Å². The summed E-state index contributed by atoms with van der Waals surface area (Å²) >= 11 is 0. The van der Waals surface area contributed by atoms with E-state index in [0.717, 1.165) is 22.4 Å². The van der Waals surface area contributed by atoms with Gasteiger partial charge in [-0.15, -0.1) is 0 Å². The molecule has 0 unspecified atom stereocenters. The van der Waals surface area contributed by atoms with Crippen molar-refractivity contribution < 1.29 is 14.3 Å². The lowest BCUT2D eigenvalue weighted by molar-refractivity contribution is -0.111. The van der Waals surface area contributed by atoms with E-state index >= 15 is 0 Å². The third-order valence-electron chi connectivity index (χ3n) is 4.81. The van der Waals surface area contributed by atoms with Crippen molar-refractivity contribution in [1.82, 2.24) is 0 Å². The van der Waals surface area contributed by atoms with Crippen molar-refractivity contribution in [3.8, 4) is 5.75 Å². The van der Waals surface area contributed by atoms with Gasteiger partial charge in [-0.2, -0.15) is 0 Å². The summed E-state index contributed by atoms with van der Waals surface area (Å²) in [6.45, 7) is 6.55. The summed E-state index contributed by atoms with van der Waals surface area (Å²) in [6, 6.07) is 20.1. The number of carbonyl (C=O) groups excluding carboxylic acids is 2. The Morgan fingerprint density at radius 1 is 0.903 bits per heavy atom. The van der Waals surface area contributed by atoms with Crippen molar-refractivity contribution in [3.05, 3.63) is 95.1 Å². The predicted molar refractivity (Wildman–Crippen MR) is 126 cm³/mol. The van der Waals surface area contributed by atoms with Gasteiger partial charge in [0.1, 0.15) is 5.75 Å². The van der Waals surface area contributed by atoms with Crippen LogP contribution in [0.4, 0.5) is 11.4 Å². The number of carbonyl (C=O) groups is 2. The number of benzene rings is 3. The molecule has 3 aromatic rings. The van der Waals surface area contributed by atoms with E-state index in [2.05, 4.69) is 10.6 Å². The Hall–Kier alpha value is -3.86. The molecule has 0 aliphatic heterocycles. The second-order valence-corrected chi connectivity index (χ2v) is 7.12. The lowest BCUT2D eigenvalue weighted by Crippen LogP contribution is -2.17. The van der Waals surface area contributed by atoms with Gasteiger partial charge in [-0.3, -0.25) is 9.59 Å². The molecule has 0 atom stereocenters. The first kappa shape index (κ1) is 21.8. The summed E-state index contributed by atoms with van der Waals surface area (Å²) in [6.07, 6.45) is 3.15. The minimum Gasteiger partial charge on any atom is -0.494 e. The van der Waals surface area contributed by atoms with E-state index in [4.69, 9.17) is 4.74 Å². The Bertz CT molecular complexity index is 1100. The molecule has 3 rings (SSSR count). The van der Waals surface area contributed by atoms with E-state index in [1.807, 2.05) is 63.2 Å². The standard InChI is InChI=1S/C26H26N2O3/c1-4-31-22-14-10-20(11-15-22)12-16-25(29)28-24-8-6-5-7-23(24)26(30)27-21-13-9-18(2)19(3)17-21/h5-17H,4H2,1-3H3,(H,27,30)(H,28,29)/b16-12+. The van der Waals surface area contributed by atoms with E-state index in [1.165, 1.54) is 6.08 Å². The highest BCUT2D eigenvalue weighted by molar-refractivity contribution is 6.11. The van der Waals surface area contributed by atoms with E-state index < -0.39 is 0 Å². The number of anilines is 2. The molecular formula is C26H26N2O3. The minimum atomic E-state index is -0.319. The molecule has 2 N–H and O–H groups in total. The number of para-hydroxylation sites is 1. The maximum Gasteiger partial charge on any atom is 0.257 e. The average molecular weight is 415 g/mol. The summed E-state index contributed by atoms with van der Waals surface area (Å²) in [4.78, 5) is 25.2. The van der Waals surface area contributed by atoms with Gasteiger partial charge in [0.2, 0.25) is 5.91 Å². The Morgan fingerprint density at radius 2 is 1.65 bits per heavy atom. The monoisotopic (exact) mass is 414 g/mol. The smallest absolute Gasteiger partial charge is 0.257 e. The average Bonchev–Trinajstić information content (AvgIpc) is 2.76. The number of aryl methyl sites for hydroxylation is 2. The molecule has 0 aliphatic rings. The third-order valence-corrected chi connectivity index (χ3v) is 4.81. The molecule has 158 valence electrons. The quantitative estimate of drug-likeness (QED) is 0.494. The van der Waals surface area contributed by atoms with Gasteiger partial charge in [0.05, 0.1) is 17.9 Å². The third kappa shape index (κ3) is 6.06. The van der Waals surface area contributed by atoms with Gasteiger partial charge in [-0.25, -0.2) is 0 Å². The van der Waals surface area contributed by atoms with Crippen LogP contribution in [-0.2, 0) is 4.79 Å². The van der Waals surface area contributed by atoms with Gasteiger partial charge in [0.15, 0.2) is 0 Å². The van der Waals surface area contributed by atoms with Crippen LogP contribution in [0.2, 0.25) is 0 Å². The molecule has 0 spiro atoms. The molecular weight excluding hydrogens is 388 g/mol.